The van der Waals surface area contributed by atoms with Crippen molar-refractivity contribution in [3.8, 4) is 0 Å². The molecule has 0 saturated carbocycles. The van der Waals surface area contributed by atoms with Crippen LogP contribution in [-0.4, -0.2) is 54.1 Å². The largest absolute Gasteiger partial charge is 0.481 e. The molecule has 0 aromatic carbocycles. The summed E-state index contributed by atoms with van der Waals surface area (Å²) in [6, 6.07) is -0.513. The Balaban J connectivity index is 3.81. The minimum Gasteiger partial charge on any atom is -0.481 e. The van der Waals surface area contributed by atoms with E-state index in [1.165, 1.54) is 0 Å². The second-order valence-electron chi connectivity index (χ2n) is 4.23. The van der Waals surface area contributed by atoms with Crippen molar-refractivity contribution in [1.29, 1.82) is 0 Å². The average Bonchev–Trinajstić information content (AvgIpc) is 2.26. The van der Waals surface area contributed by atoms with E-state index in [9.17, 15) is 9.59 Å². The topological polar surface area (TPSA) is 95.7 Å². The number of carbonyl (C=O) groups is 2. The fraction of sp³-hybridized carbons (Fsp3) is 0.818. The zero-order valence-electron chi connectivity index (χ0n) is 10.8. The van der Waals surface area contributed by atoms with Crippen molar-refractivity contribution in [3.05, 3.63) is 0 Å². The second kappa shape index (κ2) is 8.03. The molecule has 0 aliphatic carbocycles. The van der Waals surface area contributed by atoms with E-state index in [-0.39, 0.29) is 6.42 Å². The lowest BCUT2D eigenvalue weighted by molar-refractivity contribution is -0.139. The number of rotatable bonds is 8. The molecule has 0 fully saturated rings. The molecular weight excluding hydrogens is 222 g/mol. The summed E-state index contributed by atoms with van der Waals surface area (Å²) in [6.45, 7) is 5.41. The summed E-state index contributed by atoms with van der Waals surface area (Å²) in [5.41, 5.74) is 5.41. The third kappa shape index (κ3) is 6.91. The fourth-order valence-corrected chi connectivity index (χ4v) is 1.30. The molecule has 6 nitrogen and oxygen atoms in total. The minimum atomic E-state index is -1.07. The first-order chi connectivity index (χ1) is 7.88. The van der Waals surface area contributed by atoms with Gasteiger partial charge in [0, 0.05) is 19.1 Å². The fourth-order valence-electron chi connectivity index (χ4n) is 1.30. The molecule has 6 heteroatoms. The van der Waals surface area contributed by atoms with Gasteiger partial charge in [-0.25, -0.2) is 0 Å². The number of likely N-dealkylation sites (N-methyl/N-ethyl adjacent to an activating group) is 1. The van der Waals surface area contributed by atoms with Gasteiger partial charge >= 0.3 is 5.97 Å². The normalized spacial score (nSPS) is 14.4. The molecule has 0 saturated heterocycles. The Labute approximate surface area is 102 Å². The smallest absolute Gasteiger partial charge is 0.305 e. The van der Waals surface area contributed by atoms with Crippen molar-refractivity contribution in [2.45, 2.75) is 38.8 Å². The molecule has 2 unspecified atom stereocenters. The van der Waals surface area contributed by atoms with E-state index < -0.39 is 17.9 Å². The van der Waals surface area contributed by atoms with Crippen LogP contribution in [0.3, 0.4) is 0 Å². The maximum atomic E-state index is 11.4. The summed E-state index contributed by atoms with van der Waals surface area (Å²) in [5.74, 6) is -1.48. The summed E-state index contributed by atoms with van der Waals surface area (Å²) < 4.78 is 0. The van der Waals surface area contributed by atoms with Crippen LogP contribution in [0.15, 0.2) is 0 Å². The Morgan fingerprint density at radius 3 is 2.53 bits per heavy atom. The van der Waals surface area contributed by atoms with Crippen molar-refractivity contribution in [2.24, 2.45) is 5.73 Å². The van der Waals surface area contributed by atoms with E-state index in [1.54, 1.807) is 0 Å². The molecule has 0 rings (SSSR count). The lowest BCUT2D eigenvalue weighted by Gasteiger charge is -2.23. The zero-order chi connectivity index (χ0) is 13.4. The van der Waals surface area contributed by atoms with E-state index in [2.05, 4.69) is 24.1 Å². The van der Waals surface area contributed by atoms with Crippen LogP contribution in [0.2, 0.25) is 0 Å². The number of nitrogens with zero attached hydrogens (tertiary/aromatic N) is 1. The van der Waals surface area contributed by atoms with E-state index in [0.29, 0.717) is 12.6 Å². The highest BCUT2D eigenvalue weighted by Crippen LogP contribution is 1.98. The van der Waals surface area contributed by atoms with Gasteiger partial charge in [-0.3, -0.25) is 9.59 Å². The quantitative estimate of drug-likeness (QED) is 0.542. The molecule has 0 heterocycles. The van der Waals surface area contributed by atoms with Crippen LogP contribution in [0, 0.1) is 0 Å². The molecular formula is C11H23N3O3. The summed E-state index contributed by atoms with van der Waals surface area (Å²) in [4.78, 5) is 23.9. The molecule has 1 amide bonds. The highest BCUT2D eigenvalue weighted by molar-refractivity contribution is 5.85. The molecule has 0 aromatic rings. The number of hydrogen-bond acceptors (Lipinski definition) is 4. The zero-order valence-corrected chi connectivity index (χ0v) is 10.8. The first kappa shape index (κ1) is 15.9. The molecule has 0 radical (unpaired) electrons. The lowest BCUT2D eigenvalue weighted by atomic mass is 10.2. The molecule has 2 atom stereocenters. The van der Waals surface area contributed by atoms with Gasteiger partial charge in [-0.15, -0.1) is 0 Å². The Morgan fingerprint density at radius 2 is 2.06 bits per heavy atom. The number of carbonyl (C=O) groups excluding carboxylic acids is 1. The van der Waals surface area contributed by atoms with Crippen LogP contribution in [0.4, 0.5) is 0 Å². The third-order valence-electron chi connectivity index (χ3n) is 2.84. The number of nitrogens with one attached hydrogen (secondary N) is 1. The molecule has 0 aliphatic rings. The van der Waals surface area contributed by atoms with Gasteiger partial charge in [-0.2, -0.15) is 0 Å². The van der Waals surface area contributed by atoms with Gasteiger partial charge in [0.15, 0.2) is 0 Å². The number of carboxylic acids is 1. The van der Waals surface area contributed by atoms with Crippen molar-refractivity contribution in [3.63, 3.8) is 0 Å². The number of aliphatic carboxylic acids is 1. The van der Waals surface area contributed by atoms with Crippen LogP contribution < -0.4 is 11.1 Å². The lowest BCUT2D eigenvalue weighted by Crippen LogP contribution is -2.45. The standard InChI is InChI=1S/C11H23N3O3/c1-4-8(2)14(3)6-5-13-11(17)9(12)7-10(15)16/h8-9H,4-7,12H2,1-3H3,(H,13,17)(H,15,16). The molecule has 4 N–H and O–H groups in total. The first-order valence-corrected chi connectivity index (χ1v) is 5.83. The van der Waals surface area contributed by atoms with Crippen molar-refractivity contribution in [1.82, 2.24) is 10.2 Å². The average molecular weight is 245 g/mol. The summed E-state index contributed by atoms with van der Waals surface area (Å²) in [5, 5.41) is 11.1. The molecule has 0 bridgehead atoms. The molecule has 100 valence electrons. The summed E-state index contributed by atoms with van der Waals surface area (Å²) >= 11 is 0. The molecule has 0 aromatic heterocycles. The monoisotopic (exact) mass is 245 g/mol. The predicted molar refractivity (Wildman–Crippen MR) is 65.6 cm³/mol. The van der Waals surface area contributed by atoms with Gasteiger partial charge in [0.05, 0.1) is 12.5 Å². The van der Waals surface area contributed by atoms with Gasteiger partial charge in [-0.05, 0) is 20.4 Å². The number of carboxylic acid groups (broad SMARTS) is 1. The van der Waals surface area contributed by atoms with Gasteiger partial charge < -0.3 is 21.1 Å². The number of nitrogens with two attached hydrogens (primary N) is 1. The SMILES string of the molecule is CCC(C)N(C)CCNC(=O)C(N)CC(=O)O. The maximum Gasteiger partial charge on any atom is 0.305 e. The Morgan fingerprint density at radius 1 is 1.47 bits per heavy atom. The highest BCUT2D eigenvalue weighted by Gasteiger charge is 2.16. The van der Waals surface area contributed by atoms with E-state index in [1.807, 2.05) is 7.05 Å². The van der Waals surface area contributed by atoms with Crippen LogP contribution in [0.5, 0.6) is 0 Å². The molecule has 0 spiro atoms. The predicted octanol–water partition coefficient (Wildman–Crippen LogP) is -0.365. The van der Waals surface area contributed by atoms with Crippen molar-refractivity contribution >= 4 is 11.9 Å². The molecule has 0 aliphatic heterocycles. The van der Waals surface area contributed by atoms with Crippen molar-refractivity contribution in [2.75, 3.05) is 20.1 Å². The Bertz CT molecular complexity index is 258. The summed E-state index contributed by atoms with van der Waals surface area (Å²) in [7, 11) is 1.98. The molecule has 17 heavy (non-hydrogen) atoms. The van der Waals surface area contributed by atoms with Crippen LogP contribution >= 0.6 is 0 Å². The minimum absolute atomic E-state index is 0.340. The number of hydrogen-bond donors (Lipinski definition) is 3. The van der Waals surface area contributed by atoms with E-state index >= 15 is 0 Å². The first-order valence-electron chi connectivity index (χ1n) is 5.83. The van der Waals surface area contributed by atoms with Gasteiger partial charge in [0.2, 0.25) is 5.91 Å². The maximum absolute atomic E-state index is 11.4. The summed E-state index contributed by atoms with van der Waals surface area (Å²) in [6.07, 6.45) is 0.704. The van der Waals surface area contributed by atoms with Gasteiger partial charge in [0.1, 0.15) is 0 Å². The van der Waals surface area contributed by atoms with Crippen LogP contribution in [-0.2, 0) is 9.59 Å². The van der Waals surface area contributed by atoms with Crippen LogP contribution in [0.25, 0.3) is 0 Å². The van der Waals surface area contributed by atoms with Gasteiger partial charge in [0.25, 0.3) is 0 Å². The number of amides is 1. The van der Waals surface area contributed by atoms with E-state index in [4.69, 9.17) is 10.8 Å². The van der Waals surface area contributed by atoms with Crippen LogP contribution in [0.1, 0.15) is 26.7 Å². The highest BCUT2D eigenvalue weighted by atomic mass is 16.4. The van der Waals surface area contributed by atoms with E-state index in [0.717, 1.165) is 13.0 Å². The van der Waals surface area contributed by atoms with Gasteiger partial charge in [-0.1, -0.05) is 6.92 Å². The Kier molecular flexibility index (Phi) is 7.49. The third-order valence-corrected chi connectivity index (χ3v) is 2.84. The Hall–Kier alpha value is -1.14. The second-order valence-corrected chi connectivity index (χ2v) is 4.23. The van der Waals surface area contributed by atoms with Crippen molar-refractivity contribution < 1.29 is 14.7 Å².